The summed E-state index contributed by atoms with van der Waals surface area (Å²) in [6, 6.07) is 6.72. The lowest BCUT2D eigenvalue weighted by molar-refractivity contribution is 0.477. The Bertz CT molecular complexity index is 479. The third kappa shape index (κ3) is 3.44. The van der Waals surface area contributed by atoms with Crippen LogP contribution in [0, 0.1) is 0 Å². The quantitative estimate of drug-likeness (QED) is 0.849. The Hall–Kier alpha value is -1.07. The molecular formula is C12H20N2O2S. The molecule has 0 atom stereocenters. The van der Waals surface area contributed by atoms with E-state index >= 15 is 0 Å². The number of anilines is 1. The van der Waals surface area contributed by atoms with Gasteiger partial charge in [0.25, 0.3) is 0 Å². The fraction of sp³-hybridized carbons (Fsp3) is 0.500. The number of hydrogen-bond acceptors (Lipinski definition) is 3. The summed E-state index contributed by atoms with van der Waals surface area (Å²) in [5.41, 5.74) is 0.446. The summed E-state index contributed by atoms with van der Waals surface area (Å²) < 4.78 is 22.9. The van der Waals surface area contributed by atoms with E-state index in [-0.39, 0.29) is 10.4 Å². The molecule has 0 aliphatic heterocycles. The first-order valence-electron chi connectivity index (χ1n) is 5.72. The third-order valence-electron chi connectivity index (χ3n) is 3.19. The highest BCUT2D eigenvalue weighted by Gasteiger charge is 2.22. The van der Waals surface area contributed by atoms with Crippen LogP contribution in [0.3, 0.4) is 0 Å². The summed E-state index contributed by atoms with van der Waals surface area (Å²) in [5.74, 6) is 0. The van der Waals surface area contributed by atoms with Crippen molar-refractivity contribution in [1.29, 1.82) is 0 Å². The maximum Gasteiger partial charge on any atom is 0.240 e. The Labute approximate surface area is 103 Å². The maximum absolute atomic E-state index is 11.5. The zero-order valence-corrected chi connectivity index (χ0v) is 11.3. The molecule has 0 bridgehead atoms. The number of sulfonamides is 1. The first-order valence-corrected chi connectivity index (χ1v) is 7.27. The molecule has 0 radical (unpaired) electrons. The normalized spacial score (nSPS) is 12.5. The summed E-state index contributed by atoms with van der Waals surface area (Å²) in [6.07, 6.45) is 1.81. The molecule has 0 aliphatic carbocycles. The van der Waals surface area contributed by atoms with Crippen LogP contribution in [0.15, 0.2) is 29.2 Å². The van der Waals surface area contributed by atoms with Gasteiger partial charge in [0.15, 0.2) is 0 Å². The van der Waals surface area contributed by atoms with Gasteiger partial charge in [-0.15, -0.1) is 0 Å². The van der Waals surface area contributed by atoms with Gasteiger partial charge in [-0.3, -0.25) is 0 Å². The van der Waals surface area contributed by atoms with Crippen LogP contribution in [0.5, 0.6) is 0 Å². The van der Waals surface area contributed by atoms with Gasteiger partial charge < -0.3 is 5.32 Å². The van der Waals surface area contributed by atoms with E-state index in [0.717, 1.165) is 12.8 Å². The predicted molar refractivity (Wildman–Crippen MR) is 70.4 cm³/mol. The largest absolute Gasteiger partial charge is 0.379 e. The van der Waals surface area contributed by atoms with Gasteiger partial charge in [0.1, 0.15) is 4.90 Å². The lowest BCUT2D eigenvalue weighted by Gasteiger charge is -2.30. The van der Waals surface area contributed by atoms with Crippen LogP contribution in [-0.4, -0.2) is 14.0 Å². The highest BCUT2D eigenvalue weighted by Crippen LogP contribution is 2.26. The second kappa shape index (κ2) is 5.06. The van der Waals surface area contributed by atoms with E-state index in [1.165, 1.54) is 6.07 Å². The molecule has 0 unspecified atom stereocenters. The number of hydrogen-bond donors (Lipinski definition) is 2. The minimum Gasteiger partial charge on any atom is -0.379 e. The summed E-state index contributed by atoms with van der Waals surface area (Å²) in [4.78, 5) is 0.146. The molecule has 0 heterocycles. The molecule has 0 amide bonds. The smallest absolute Gasteiger partial charge is 0.240 e. The SMILES string of the molecule is CCC(C)(CC)Nc1ccccc1S(N)(=O)=O. The van der Waals surface area contributed by atoms with Crippen molar-refractivity contribution >= 4 is 15.7 Å². The van der Waals surface area contributed by atoms with Crippen LogP contribution in [0.25, 0.3) is 0 Å². The molecule has 5 heteroatoms. The summed E-state index contributed by atoms with van der Waals surface area (Å²) in [5, 5.41) is 8.46. The van der Waals surface area contributed by atoms with Gasteiger partial charge in [-0.25, -0.2) is 13.6 Å². The van der Waals surface area contributed by atoms with Crippen LogP contribution in [0.1, 0.15) is 33.6 Å². The van der Waals surface area contributed by atoms with Crippen molar-refractivity contribution in [2.75, 3.05) is 5.32 Å². The summed E-state index contributed by atoms with van der Waals surface area (Å²) in [7, 11) is -3.68. The second-order valence-corrected chi connectivity index (χ2v) is 5.96. The monoisotopic (exact) mass is 256 g/mol. The first kappa shape index (κ1) is 14.0. The summed E-state index contributed by atoms with van der Waals surface area (Å²) in [6.45, 7) is 6.19. The van der Waals surface area contributed by atoms with Crippen LogP contribution in [-0.2, 0) is 10.0 Å². The van der Waals surface area contributed by atoms with E-state index in [4.69, 9.17) is 5.14 Å². The molecule has 3 N–H and O–H groups in total. The van der Waals surface area contributed by atoms with Crippen LogP contribution in [0.2, 0.25) is 0 Å². The van der Waals surface area contributed by atoms with Gasteiger partial charge in [-0.1, -0.05) is 26.0 Å². The molecule has 0 spiro atoms. The first-order chi connectivity index (χ1) is 7.82. The van der Waals surface area contributed by atoms with Gasteiger partial charge in [-0.2, -0.15) is 0 Å². The molecular weight excluding hydrogens is 236 g/mol. The molecule has 0 fully saturated rings. The van der Waals surface area contributed by atoms with Gasteiger partial charge in [0.05, 0.1) is 5.69 Å². The summed E-state index contributed by atoms with van der Waals surface area (Å²) >= 11 is 0. The Balaban J connectivity index is 3.16. The van der Waals surface area contributed by atoms with Crippen molar-refractivity contribution in [2.24, 2.45) is 5.14 Å². The van der Waals surface area contributed by atoms with Crippen LogP contribution in [0.4, 0.5) is 5.69 Å². The van der Waals surface area contributed by atoms with Crippen LogP contribution < -0.4 is 10.5 Å². The van der Waals surface area contributed by atoms with Gasteiger partial charge in [0, 0.05) is 5.54 Å². The molecule has 4 nitrogen and oxygen atoms in total. The minimum atomic E-state index is -3.68. The van der Waals surface area contributed by atoms with E-state index in [2.05, 4.69) is 26.1 Å². The molecule has 0 aromatic heterocycles. The van der Waals surface area contributed by atoms with E-state index in [1.807, 2.05) is 0 Å². The predicted octanol–water partition coefficient (Wildman–Crippen LogP) is 2.32. The highest BCUT2D eigenvalue weighted by molar-refractivity contribution is 7.89. The van der Waals surface area contributed by atoms with Crippen molar-refractivity contribution in [3.8, 4) is 0 Å². The number of benzene rings is 1. The fourth-order valence-corrected chi connectivity index (χ4v) is 2.26. The van der Waals surface area contributed by atoms with Gasteiger partial charge >= 0.3 is 0 Å². The van der Waals surface area contributed by atoms with E-state index in [9.17, 15) is 8.42 Å². The zero-order valence-electron chi connectivity index (χ0n) is 10.5. The number of nitrogens with two attached hydrogens (primary N) is 1. The Kier molecular flexibility index (Phi) is 4.16. The van der Waals surface area contributed by atoms with E-state index in [1.54, 1.807) is 18.2 Å². The second-order valence-electron chi connectivity index (χ2n) is 4.43. The molecule has 0 aliphatic rings. The fourth-order valence-electron chi connectivity index (χ4n) is 1.57. The van der Waals surface area contributed by atoms with E-state index in [0.29, 0.717) is 5.69 Å². The van der Waals surface area contributed by atoms with E-state index < -0.39 is 10.0 Å². The maximum atomic E-state index is 11.5. The van der Waals surface area contributed by atoms with Gasteiger partial charge in [0.2, 0.25) is 10.0 Å². The van der Waals surface area contributed by atoms with Crippen molar-refractivity contribution < 1.29 is 8.42 Å². The van der Waals surface area contributed by atoms with Crippen molar-refractivity contribution in [2.45, 2.75) is 44.0 Å². The molecule has 1 aromatic carbocycles. The van der Waals surface area contributed by atoms with Crippen LogP contribution >= 0.6 is 0 Å². The number of para-hydroxylation sites is 1. The molecule has 17 heavy (non-hydrogen) atoms. The lowest BCUT2D eigenvalue weighted by atomic mass is 9.95. The number of primary sulfonamides is 1. The average molecular weight is 256 g/mol. The van der Waals surface area contributed by atoms with Crippen molar-refractivity contribution in [1.82, 2.24) is 0 Å². The number of rotatable bonds is 5. The number of nitrogens with one attached hydrogen (secondary N) is 1. The molecule has 1 aromatic rings. The Morgan fingerprint density at radius 1 is 1.24 bits per heavy atom. The molecule has 0 saturated heterocycles. The third-order valence-corrected chi connectivity index (χ3v) is 4.16. The van der Waals surface area contributed by atoms with Crippen molar-refractivity contribution in [3.05, 3.63) is 24.3 Å². The lowest BCUT2D eigenvalue weighted by Crippen LogP contribution is -2.33. The molecule has 1 rings (SSSR count). The highest BCUT2D eigenvalue weighted by atomic mass is 32.2. The Morgan fingerprint density at radius 2 is 1.76 bits per heavy atom. The molecule has 96 valence electrons. The standard InChI is InChI=1S/C12H20N2O2S/c1-4-12(3,5-2)14-10-8-6-7-9-11(10)17(13,15)16/h6-9,14H,4-5H2,1-3H3,(H2,13,15,16). The Morgan fingerprint density at radius 3 is 2.24 bits per heavy atom. The minimum absolute atomic E-state index is 0.124. The van der Waals surface area contributed by atoms with Crippen molar-refractivity contribution in [3.63, 3.8) is 0 Å². The van der Waals surface area contributed by atoms with Gasteiger partial charge in [-0.05, 0) is 31.9 Å². The molecule has 0 saturated carbocycles. The zero-order chi connectivity index (χ0) is 13.1. The average Bonchev–Trinajstić information content (AvgIpc) is 2.28. The topological polar surface area (TPSA) is 72.2 Å².